The number of fused-ring (bicyclic) bond motifs is 5. The normalized spacial score (nSPS) is 11.3. The summed E-state index contributed by atoms with van der Waals surface area (Å²) in [6.45, 7) is 0. The summed E-state index contributed by atoms with van der Waals surface area (Å²) in [4.78, 5) is 0. The van der Waals surface area contributed by atoms with E-state index in [-0.39, 0.29) is 0 Å². The molecule has 0 aliphatic heterocycles. The summed E-state index contributed by atoms with van der Waals surface area (Å²) in [5.74, 6) is 0. The third kappa shape index (κ3) is 2.62. The van der Waals surface area contributed by atoms with Crippen LogP contribution in [0.3, 0.4) is 0 Å². The number of hydrogen-bond acceptors (Lipinski definition) is 0. The van der Waals surface area contributed by atoms with Crippen LogP contribution in [0.25, 0.3) is 54.6 Å². The Morgan fingerprint density at radius 1 is 0.333 bits per heavy atom. The van der Waals surface area contributed by atoms with Gasteiger partial charge in [0.2, 0.25) is 0 Å². The van der Waals surface area contributed by atoms with Gasteiger partial charge >= 0.3 is 0 Å². The molecule has 0 heteroatoms. The molecule has 0 unspecified atom stereocenters. The molecule has 0 bridgehead atoms. The molecule has 6 rings (SSSR count). The first-order valence-electron chi connectivity index (χ1n) is 10.4. The maximum atomic E-state index is 2.37. The van der Waals surface area contributed by atoms with Crippen LogP contribution in [-0.2, 0) is 0 Å². The van der Waals surface area contributed by atoms with Gasteiger partial charge in [0.1, 0.15) is 0 Å². The molecule has 0 N–H and O–H groups in total. The molecular formula is C30H20. The van der Waals surface area contributed by atoms with Gasteiger partial charge in [-0.2, -0.15) is 0 Å². The number of hydrogen-bond donors (Lipinski definition) is 0. The molecule has 0 amide bonds. The van der Waals surface area contributed by atoms with Gasteiger partial charge in [-0.05, 0) is 66.7 Å². The van der Waals surface area contributed by atoms with E-state index in [0.29, 0.717) is 0 Å². The molecule has 140 valence electrons. The lowest BCUT2D eigenvalue weighted by Crippen LogP contribution is -1.88. The van der Waals surface area contributed by atoms with E-state index in [0.717, 1.165) is 0 Å². The standard InChI is InChI=1S/C30H20/c1-3-11-21(12-4-1)28-19-23-20-29(22-13-5-2-6-14-22)25-16-8-10-18-27(25)30(23)26-17-9-7-15-24(26)28/h1-20H. The van der Waals surface area contributed by atoms with Crippen LogP contribution in [0.5, 0.6) is 0 Å². The van der Waals surface area contributed by atoms with Gasteiger partial charge in [-0.15, -0.1) is 0 Å². The predicted molar refractivity (Wildman–Crippen MR) is 130 cm³/mol. The van der Waals surface area contributed by atoms with Gasteiger partial charge in [0, 0.05) is 0 Å². The van der Waals surface area contributed by atoms with Crippen molar-refractivity contribution >= 4 is 32.3 Å². The average molecular weight is 380 g/mol. The first-order chi connectivity index (χ1) is 14.9. The lowest BCUT2D eigenvalue weighted by Gasteiger charge is -2.16. The van der Waals surface area contributed by atoms with Gasteiger partial charge in [-0.3, -0.25) is 0 Å². The molecular weight excluding hydrogens is 360 g/mol. The van der Waals surface area contributed by atoms with E-state index >= 15 is 0 Å². The van der Waals surface area contributed by atoms with Crippen LogP contribution in [-0.4, -0.2) is 0 Å². The Balaban J connectivity index is 1.82. The van der Waals surface area contributed by atoms with Gasteiger partial charge in [-0.25, -0.2) is 0 Å². The lowest BCUT2D eigenvalue weighted by molar-refractivity contribution is 1.65. The fraction of sp³-hybridized carbons (Fsp3) is 0. The zero-order chi connectivity index (χ0) is 19.9. The fourth-order valence-electron chi connectivity index (χ4n) is 4.69. The maximum Gasteiger partial charge on any atom is -0.00259 e. The summed E-state index contributed by atoms with van der Waals surface area (Å²) >= 11 is 0. The molecule has 6 aromatic rings. The van der Waals surface area contributed by atoms with Crippen LogP contribution in [0.4, 0.5) is 0 Å². The van der Waals surface area contributed by atoms with Crippen LogP contribution in [0.15, 0.2) is 121 Å². The Bertz CT molecular complexity index is 1400. The summed E-state index contributed by atoms with van der Waals surface area (Å²) < 4.78 is 0. The fourth-order valence-corrected chi connectivity index (χ4v) is 4.69. The van der Waals surface area contributed by atoms with Crippen LogP contribution in [0.2, 0.25) is 0 Å². The van der Waals surface area contributed by atoms with Crippen LogP contribution in [0.1, 0.15) is 0 Å². The highest BCUT2D eigenvalue weighted by Gasteiger charge is 2.14. The van der Waals surface area contributed by atoms with E-state index in [1.54, 1.807) is 0 Å². The van der Waals surface area contributed by atoms with Crippen LogP contribution in [0, 0.1) is 0 Å². The van der Waals surface area contributed by atoms with Crippen molar-refractivity contribution in [3.63, 3.8) is 0 Å². The highest BCUT2D eigenvalue weighted by atomic mass is 14.2. The van der Waals surface area contributed by atoms with Crippen molar-refractivity contribution in [2.24, 2.45) is 0 Å². The molecule has 0 fully saturated rings. The van der Waals surface area contributed by atoms with Crippen LogP contribution < -0.4 is 0 Å². The molecule has 0 aliphatic rings. The van der Waals surface area contributed by atoms with Crippen molar-refractivity contribution in [2.45, 2.75) is 0 Å². The van der Waals surface area contributed by atoms with E-state index in [1.165, 1.54) is 54.6 Å². The Morgan fingerprint density at radius 2 is 0.700 bits per heavy atom. The summed E-state index contributed by atoms with van der Waals surface area (Å²) in [6.07, 6.45) is 0. The van der Waals surface area contributed by atoms with Gasteiger partial charge in [0.05, 0.1) is 0 Å². The Labute approximate surface area is 176 Å². The maximum absolute atomic E-state index is 2.37. The molecule has 0 heterocycles. The SMILES string of the molecule is c1ccc(-c2cc3cc(-c4ccccc4)c4ccccc4c3c3ccccc23)cc1. The summed E-state index contributed by atoms with van der Waals surface area (Å²) in [5.41, 5.74) is 5.08. The monoisotopic (exact) mass is 380 g/mol. The van der Waals surface area contributed by atoms with Gasteiger partial charge in [-0.1, -0.05) is 109 Å². The third-order valence-corrected chi connectivity index (χ3v) is 6.03. The third-order valence-electron chi connectivity index (χ3n) is 6.03. The first kappa shape index (κ1) is 17.0. The topological polar surface area (TPSA) is 0 Å². The summed E-state index contributed by atoms with van der Waals surface area (Å²) in [7, 11) is 0. The average Bonchev–Trinajstić information content (AvgIpc) is 2.84. The zero-order valence-corrected chi connectivity index (χ0v) is 16.5. The van der Waals surface area contributed by atoms with E-state index in [2.05, 4.69) is 121 Å². The summed E-state index contributed by atoms with van der Waals surface area (Å²) in [5, 5.41) is 7.84. The lowest BCUT2D eigenvalue weighted by atomic mass is 9.88. The Kier molecular flexibility index (Phi) is 3.89. The van der Waals surface area contributed by atoms with Gasteiger partial charge in [0.25, 0.3) is 0 Å². The van der Waals surface area contributed by atoms with Gasteiger partial charge in [0.15, 0.2) is 0 Å². The van der Waals surface area contributed by atoms with Crippen molar-refractivity contribution in [3.8, 4) is 22.3 Å². The van der Waals surface area contributed by atoms with E-state index in [9.17, 15) is 0 Å². The quantitative estimate of drug-likeness (QED) is 0.264. The number of rotatable bonds is 2. The van der Waals surface area contributed by atoms with Crippen molar-refractivity contribution in [1.82, 2.24) is 0 Å². The highest BCUT2D eigenvalue weighted by molar-refractivity contribution is 6.25. The molecule has 0 saturated carbocycles. The van der Waals surface area contributed by atoms with E-state index in [1.807, 2.05) is 0 Å². The minimum atomic E-state index is 1.25. The van der Waals surface area contributed by atoms with E-state index < -0.39 is 0 Å². The molecule has 0 nitrogen and oxygen atoms in total. The highest BCUT2D eigenvalue weighted by Crippen LogP contribution is 2.41. The van der Waals surface area contributed by atoms with Crippen LogP contribution >= 0.6 is 0 Å². The molecule has 0 aromatic heterocycles. The smallest absolute Gasteiger partial charge is 0.00259 e. The second kappa shape index (κ2) is 6.86. The minimum Gasteiger partial charge on any atom is -0.0622 e. The predicted octanol–water partition coefficient (Wildman–Crippen LogP) is 8.48. The molecule has 0 radical (unpaired) electrons. The molecule has 30 heavy (non-hydrogen) atoms. The van der Waals surface area contributed by atoms with E-state index in [4.69, 9.17) is 0 Å². The zero-order valence-electron chi connectivity index (χ0n) is 16.5. The second-order valence-corrected chi connectivity index (χ2v) is 7.77. The molecule has 0 saturated heterocycles. The Morgan fingerprint density at radius 3 is 1.13 bits per heavy atom. The minimum absolute atomic E-state index is 1.25. The molecule has 0 atom stereocenters. The van der Waals surface area contributed by atoms with Crippen molar-refractivity contribution in [3.05, 3.63) is 121 Å². The largest absolute Gasteiger partial charge is 0.0622 e. The molecule has 0 aliphatic carbocycles. The summed E-state index contributed by atoms with van der Waals surface area (Å²) in [6, 6.07) is 43.8. The molecule has 6 aromatic carbocycles. The first-order valence-corrected chi connectivity index (χ1v) is 10.4. The van der Waals surface area contributed by atoms with Crippen molar-refractivity contribution in [1.29, 1.82) is 0 Å². The second-order valence-electron chi connectivity index (χ2n) is 7.77. The number of benzene rings is 6. The Hall–Kier alpha value is -3.90. The van der Waals surface area contributed by atoms with Crippen molar-refractivity contribution < 1.29 is 0 Å². The molecule has 0 spiro atoms. The van der Waals surface area contributed by atoms with Crippen molar-refractivity contribution in [2.75, 3.05) is 0 Å². The van der Waals surface area contributed by atoms with Gasteiger partial charge < -0.3 is 0 Å².